The van der Waals surface area contributed by atoms with Gasteiger partial charge in [0, 0.05) is 24.9 Å². The molecule has 154 valence electrons. The summed E-state index contributed by atoms with van der Waals surface area (Å²) in [6.45, 7) is 3.28. The van der Waals surface area contributed by atoms with Crippen molar-refractivity contribution < 1.29 is 13.1 Å². The summed E-state index contributed by atoms with van der Waals surface area (Å²) in [5.74, 6) is 0.954. The van der Waals surface area contributed by atoms with Gasteiger partial charge < -0.3 is 10.1 Å². The van der Waals surface area contributed by atoms with E-state index in [-0.39, 0.29) is 6.10 Å². The molecule has 8 heteroatoms. The molecule has 1 aliphatic rings. The lowest BCUT2D eigenvalue weighted by molar-refractivity contribution is 0.0726. The van der Waals surface area contributed by atoms with E-state index in [2.05, 4.69) is 50.7 Å². The highest BCUT2D eigenvalue weighted by molar-refractivity contribution is 7.77. The molecule has 0 radical (unpaired) electrons. The minimum absolute atomic E-state index is 0.104. The lowest BCUT2D eigenvalue weighted by Gasteiger charge is -2.10. The van der Waals surface area contributed by atoms with Gasteiger partial charge in [-0.25, -0.2) is 19.3 Å². The van der Waals surface area contributed by atoms with Crippen molar-refractivity contribution in [3.8, 4) is 0 Å². The van der Waals surface area contributed by atoms with Crippen LogP contribution in [0.4, 0.5) is 5.82 Å². The van der Waals surface area contributed by atoms with Gasteiger partial charge in [-0.3, -0.25) is 4.18 Å². The minimum atomic E-state index is -1.64. The smallest absolute Gasteiger partial charge is 0.231 e. The maximum atomic E-state index is 10.2. The molecule has 3 rings (SSSR count). The fourth-order valence-corrected chi connectivity index (χ4v) is 3.36. The molecule has 1 aromatic carbocycles. The zero-order valence-corrected chi connectivity index (χ0v) is 17.4. The van der Waals surface area contributed by atoms with Crippen LogP contribution < -0.4 is 10.5 Å². The standard InChI is InChI=1S/C15H19N3.C5H11NO3S/c1-3-13-14(17-11-18-15(13)16-2)10-9-12-7-5-4-6-8-12;6-10(7)9-4-5-2-1-3-8-5/h4-8,11H,3,9-10H2,1-2H3,(H,16,17,18);5H,1-4,6H2. The molecule has 7 nitrogen and oxygen atoms in total. The lowest BCUT2D eigenvalue weighted by Crippen LogP contribution is -2.18. The second-order valence-corrected chi connectivity index (χ2v) is 7.17. The highest BCUT2D eigenvalue weighted by Gasteiger charge is 2.15. The van der Waals surface area contributed by atoms with Crippen LogP contribution in [-0.4, -0.2) is 40.5 Å². The van der Waals surface area contributed by atoms with Crippen LogP contribution in [0.1, 0.15) is 36.6 Å². The number of hydrogen-bond donors (Lipinski definition) is 2. The van der Waals surface area contributed by atoms with E-state index < -0.39 is 11.3 Å². The van der Waals surface area contributed by atoms with E-state index in [4.69, 9.17) is 9.88 Å². The molecule has 0 amide bonds. The second-order valence-electron chi connectivity index (χ2n) is 6.42. The van der Waals surface area contributed by atoms with Gasteiger partial charge in [0.25, 0.3) is 0 Å². The summed E-state index contributed by atoms with van der Waals surface area (Å²) in [4.78, 5) is 8.68. The summed E-state index contributed by atoms with van der Waals surface area (Å²) >= 11 is -1.64. The predicted octanol–water partition coefficient (Wildman–Crippen LogP) is 2.59. The first-order chi connectivity index (χ1) is 13.6. The fraction of sp³-hybridized carbons (Fsp3) is 0.500. The first-order valence-corrected chi connectivity index (χ1v) is 10.7. The molecule has 0 aliphatic carbocycles. The molecule has 2 atom stereocenters. The van der Waals surface area contributed by atoms with Crippen LogP contribution in [0.5, 0.6) is 0 Å². The Balaban J connectivity index is 0.000000237. The Morgan fingerprint density at radius 3 is 2.68 bits per heavy atom. The van der Waals surface area contributed by atoms with Gasteiger partial charge in [0.2, 0.25) is 11.3 Å². The van der Waals surface area contributed by atoms with Crippen LogP contribution in [0, 0.1) is 0 Å². The number of nitrogens with one attached hydrogen (secondary N) is 1. The summed E-state index contributed by atoms with van der Waals surface area (Å²) in [5.41, 5.74) is 3.74. The van der Waals surface area contributed by atoms with Gasteiger partial charge in [0.1, 0.15) is 12.1 Å². The Morgan fingerprint density at radius 2 is 2.07 bits per heavy atom. The van der Waals surface area contributed by atoms with Crippen molar-refractivity contribution in [2.24, 2.45) is 5.14 Å². The van der Waals surface area contributed by atoms with Gasteiger partial charge in [-0.2, -0.15) is 0 Å². The average Bonchev–Trinajstić information content (AvgIpc) is 3.25. The predicted molar refractivity (Wildman–Crippen MR) is 112 cm³/mol. The number of rotatable bonds is 8. The van der Waals surface area contributed by atoms with Crippen LogP contribution in [-0.2, 0) is 39.4 Å². The van der Waals surface area contributed by atoms with Crippen LogP contribution in [0.25, 0.3) is 0 Å². The van der Waals surface area contributed by atoms with E-state index in [0.717, 1.165) is 50.2 Å². The third-order valence-corrected chi connectivity index (χ3v) is 4.88. The zero-order chi connectivity index (χ0) is 20.2. The molecule has 2 aromatic rings. The van der Waals surface area contributed by atoms with Crippen LogP contribution in [0.3, 0.4) is 0 Å². The molecule has 2 heterocycles. The summed E-state index contributed by atoms with van der Waals surface area (Å²) in [5, 5.41) is 8.00. The van der Waals surface area contributed by atoms with Gasteiger partial charge in [0.05, 0.1) is 12.7 Å². The largest absolute Gasteiger partial charge is 0.376 e. The van der Waals surface area contributed by atoms with Crippen molar-refractivity contribution in [1.29, 1.82) is 0 Å². The molecule has 0 bridgehead atoms. The van der Waals surface area contributed by atoms with E-state index in [1.165, 1.54) is 11.1 Å². The molecular formula is C20H30N4O3S. The first-order valence-electron chi connectivity index (χ1n) is 9.59. The van der Waals surface area contributed by atoms with Crippen molar-refractivity contribution in [3.63, 3.8) is 0 Å². The van der Waals surface area contributed by atoms with Gasteiger partial charge in [-0.1, -0.05) is 37.3 Å². The molecule has 1 aliphatic heterocycles. The minimum Gasteiger partial charge on any atom is -0.376 e. The zero-order valence-electron chi connectivity index (χ0n) is 16.6. The summed E-state index contributed by atoms with van der Waals surface area (Å²) in [7, 11) is 1.91. The van der Waals surface area contributed by atoms with Crippen molar-refractivity contribution in [2.75, 3.05) is 25.6 Å². The van der Waals surface area contributed by atoms with E-state index in [9.17, 15) is 4.21 Å². The maximum Gasteiger partial charge on any atom is 0.231 e. The lowest BCUT2D eigenvalue weighted by atomic mass is 10.0. The molecule has 2 unspecified atom stereocenters. The van der Waals surface area contributed by atoms with Crippen molar-refractivity contribution in [3.05, 3.63) is 53.5 Å². The molecule has 1 fully saturated rings. The highest BCUT2D eigenvalue weighted by atomic mass is 32.2. The third-order valence-electron chi connectivity index (χ3n) is 4.51. The van der Waals surface area contributed by atoms with Crippen molar-refractivity contribution in [1.82, 2.24) is 9.97 Å². The van der Waals surface area contributed by atoms with Gasteiger partial charge in [0.15, 0.2) is 0 Å². The molecule has 0 saturated carbocycles. The number of aryl methyl sites for hydroxylation is 2. The number of aromatic nitrogens is 2. The van der Waals surface area contributed by atoms with Crippen LogP contribution in [0.2, 0.25) is 0 Å². The fourth-order valence-electron chi connectivity index (χ4n) is 3.08. The number of nitrogens with zero attached hydrogens (tertiary/aromatic N) is 2. The molecule has 0 spiro atoms. The number of nitrogens with two attached hydrogens (primary N) is 1. The Labute approximate surface area is 169 Å². The first kappa shape index (κ1) is 22.4. The maximum absolute atomic E-state index is 10.2. The monoisotopic (exact) mass is 406 g/mol. The topological polar surface area (TPSA) is 99.4 Å². The molecule has 1 saturated heterocycles. The Hall–Kier alpha value is -1.87. The summed E-state index contributed by atoms with van der Waals surface area (Å²) in [6.07, 6.45) is 6.74. The Morgan fingerprint density at radius 1 is 1.29 bits per heavy atom. The number of benzene rings is 1. The van der Waals surface area contributed by atoms with E-state index in [1.54, 1.807) is 6.33 Å². The molecular weight excluding hydrogens is 376 g/mol. The summed E-state index contributed by atoms with van der Waals surface area (Å²) < 4.78 is 20.1. The normalized spacial score (nSPS) is 16.9. The van der Waals surface area contributed by atoms with Crippen LogP contribution >= 0.6 is 0 Å². The van der Waals surface area contributed by atoms with Crippen molar-refractivity contribution >= 4 is 17.1 Å². The number of ether oxygens (including phenoxy) is 1. The van der Waals surface area contributed by atoms with Gasteiger partial charge in [-0.15, -0.1) is 0 Å². The Bertz CT molecular complexity index is 725. The second kappa shape index (κ2) is 12.6. The number of hydrogen-bond acceptors (Lipinski definition) is 6. The molecule has 3 N–H and O–H groups in total. The quantitative estimate of drug-likeness (QED) is 0.699. The van der Waals surface area contributed by atoms with E-state index >= 15 is 0 Å². The molecule has 1 aromatic heterocycles. The average molecular weight is 407 g/mol. The van der Waals surface area contributed by atoms with Crippen molar-refractivity contribution in [2.45, 2.75) is 45.1 Å². The molecule has 28 heavy (non-hydrogen) atoms. The third kappa shape index (κ3) is 7.63. The van der Waals surface area contributed by atoms with E-state index in [0.29, 0.717) is 6.61 Å². The number of anilines is 1. The summed E-state index contributed by atoms with van der Waals surface area (Å²) in [6, 6.07) is 10.5. The highest BCUT2D eigenvalue weighted by Crippen LogP contribution is 2.17. The van der Waals surface area contributed by atoms with E-state index in [1.807, 2.05) is 13.1 Å². The van der Waals surface area contributed by atoms with Crippen LogP contribution in [0.15, 0.2) is 36.7 Å². The Kier molecular flexibility index (Phi) is 10.1. The SMILES string of the molecule is CCc1c(CCc2ccccc2)ncnc1NC.NS(=O)OCC1CCCO1. The van der Waals surface area contributed by atoms with Gasteiger partial charge >= 0.3 is 0 Å². The van der Waals surface area contributed by atoms with Gasteiger partial charge in [-0.05, 0) is 37.7 Å².